The van der Waals surface area contributed by atoms with Crippen LogP contribution in [0.1, 0.15) is 98.8 Å². The van der Waals surface area contributed by atoms with Crippen LogP contribution in [0.25, 0.3) is 0 Å². The van der Waals surface area contributed by atoms with E-state index in [2.05, 4.69) is 27.7 Å². The Labute approximate surface area is 211 Å². The van der Waals surface area contributed by atoms with Crippen molar-refractivity contribution in [2.24, 2.45) is 46.3 Å². The van der Waals surface area contributed by atoms with Gasteiger partial charge in [-0.25, -0.2) is 0 Å². The zero-order valence-corrected chi connectivity index (χ0v) is 22.6. The Kier molecular flexibility index (Phi) is 7.72. The SMILES string of the molecule is CC(=O)O[C@@H]1C[C@H]2[C@@H]3CC[C@H]([C@H](C)[C@@H](O)CCC(C)C)[C@@]3(C)CC[C@@H]2[C@@]2(CO)CC[C@@H](O)C[C@]12O. The van der Waals surface area contributed by atoms with Crippen LogP contribution < -0.4 is 0 Å². The summed E-state index contributed by atoms with van der Waals surface area (Å²) in [6, 6.07) is 0. The summed E-state index contributed by atoms with van der Waals surface area (Å²) in [5.41, 5.74) is -2.06. The van der Waals surface area contributed by atoms with Gasteiger partial charge in [0.25, 0.3) is 0 Å². The topological polar surface area (TPSA) is 107 Å². The number of carbonyl (C=O) groups is 1. The van der Waals surface area contributed by atoms with E-state index in [1.54, 1.807) is 0 Å². The van der Waals surface area contributed by atoms with Crippen molar-refractivity contribution in [1.82, 2.24) is 0 Å². The van der Waals surface area contributed by atoms with Crippen molar-refractivity contribution < 1.29 is 30.0 Å². The summed E-state index contributed by atoms with van der Waals surface area (Å²) in [6.07, 6.45) is 6.23. The van der Waals surface area contributed by atoms with Gasteiger partial charge in [0.15, 0.2) is 0 Å². The second-order valence-electron chi connectivity index (χ2n) is 13.5. The molecule has 0 heterocycles. The number of rotatable bonds is 7. The maximum absolute atomic E-state index is 12.1. The van der Waals surface area contributed by atoms with Crippen molar-refractivity contribution >= 4 is 5.97 Å². The third-order valence-electron chi connectivity index (χ3n) is 11.4. The van der Waals surface area contributed by atoms with Crippen LogP contribution in [0.5, 0.6) is 0 Å². The van der Waals surface area contributed by atoms with Crippen molar-refractivity contribution in [3.8, 4) is 0 Å². The predicted molar refractivity (Wildman–Crippen MR) is 134 cm³/mol. The van der Waals surface area contributed by atoms with Crippen LogP contribution in [0, 0.1) is 46.3 Å². The first-order chi connectivity index (χ1) is 16.4. The zero-order chi connectivity index (χ0) is 25.8. The number of fused-ring (bicyclic) bond motifs is 5. The third-order valence-corrected chi connectivity index (χ3v) is 11.4. The van der Waals surface area contributed by atoms with Gasteiger partial charge in [-0.15, -0.1) is 0 Å². The van der Waals surface area contributed by atoms with Gasteiger partial charge in [-0.2, -0.15) is 0 Å². The highest BCUT2D eigenvalue weighted by Crippen LogP contribution is 2.69. The molecule has 0 radical (unpaired) electrons. The Hall–Kier alpha value is -0.690. The summed E-state index contributed by atoms with van der Waals surface area (Å²) in [7, 11) is 0. The Morgan fingerprint density at radius 1 is 1.06 bits per heavy atom. The Bertz CT molecular complexity index is 770. The third kappa shape index (κ3) is 4.38. The van der Waals surface area contributed by atoms with Gasteiger partial charge in [0.2, 0.25) is 0 Å². The maximum Gasteiger partial charge on any atom is 0.303 e. The summed E-state index contributed by atoms with van der Waals surface area (Å²) in [5.74, 6) is 1.67. The molecule has 0 saturated heterocycles. The van der Waals surface area contributed by atoms with Gasteiger partial charge < -0.3 is 25.2 Å². The number of aliphatic hydroxyl groups is 4. The van der Waals surface area contributed by atoms with Gasteiger partial charge in [0, 0.05) is 18.8 Å². The first-order valence-electron chi connectivity index (χ1n) is 14.3. The van der Waals surface area contributed by atoms with Crippen LogP contribution >= 0.6 is 0 Å². The molecule has 0 bridgehead atoms. The summed E-state index contributed by atoms with van der Waals surface area (Å²) in [5, 5.41) is 44.4. The van der Waals surface area contributed by atoms with Gasteiger partial charge in [0.1, 0.15) is 11.7 Å². The number of aliphatic hydroxyl groups excluding tert-OH is 3. The monoisotopic (exact) mass is 494 g/mol. The Balaban J connectivity index is 1.63. The minimum absolute atomic E-state index is 0.0977. The minimum Gasteiger partial charge on any atom is -0.459 e. The van der Waals surface area contributed by atoms with E-state index in [-0.39, 0.29) is 42.3 Å². The first-order valence-corrected chi connectivity index (χ1v) is 14.3. The average Bonchev–Trinajstić information content (AvgIpc) is 3.14. The fourth-order valence-electron chi connectivity index (χ4n) is 9.63. The van der Waals surface area contributed by atoms with Crippen molar-refractivity contribution in [2.45, 2.75) is 123 Å². The quantitative estimate of drug-likeness (QED) is 0.398. The lowest BCUT2D eigenvalue weighted by Crippen LogP contribution is -2.71. The standard InChI is InChI=1S/C29H50O6/c1-17(2)6-9-25(33)18(3)22-7-8-23-21-14-26(35-19(4)31)29(34)15-20(32)10-13-28(29,16-30)24(21)11-12-27(22,23)5/h17-18,20-26,30,32-34H,6-16H2,1-5H3/t18-,20+,21-,22+,23-,24-,25-,26+,27+,28-,29-/m0/s1. The average molecular weight is 495 g/mol. The summed E-state index contributed by atoms with van der Waals surface area (Å²) < 4.78 is 5.78. The molecular weight excluding hydrogens is 444 g/mol. The van der Waals surface area contributed by atoms with Crippen LogP contribution in [-0.4, -0.2) is 56.9 Å². The summed E-state index contributed by atoms with van der Waals surface area (Å²) >= 11 is 0. The molecule has 11 atom stereocenters. The largest absolute Gasteiger partial charge is 0.459 e. The molecule has 6 nitrogen and oxygen atoms in total. The molecule has 35 heavy (non-hydrogen) atoms. The number of hydrogen-bond donors (Lipinski definition) is 4. The number of carbonyl (C=O) groups excluding carboxylic acids is 1. The fraction of sp³-hybridized carbons (Fsp3) is 0.966. The molecule has 0 aliphatic heterocycles. The van der Waals surface area contributed by atoms with Crippen LogP contribution in [-0.2, 0) is 9.53 Å². The van der Waals surface area contributed by atoms with Crippen LogP contribution in [0.3, 0.4) is 0 Å². The highest BCUT2D eigenvalue weighted by Gasteiger charge is 2.70. The minimum atomic E-state index is -1.40. The fourth-order valence-corrected chi connectivity index (χ4v) is 9.63. The van der Waals surface area contributed by atoms with E-state index < -0.39 is 29.2 Å². The molecule has 0 aromatic rings. The molecule has 4 fully saturated rings. The van der Waals surface area contributed by atoms with Gasteiger partial charge in [0.05, 0.1) is 18.8 Å². The number of ether oxygens (including phenoxy) is 1. The molecule has 4 rings (SSSR count). The molecule has 0 amide bonds. The van der Waals surface area contributed by atoms with Crippen molar-refractivity contribution in [3.05, 3.63) is 0 Å². The van der Waals surface area contributed by atoms with Gasteiger partial charge >= 0.3 is 5.97 Å². The van der Waals surface area contributed by atoms with Gasteiger partial charge in [-0.3, -0.25) is 4.79 Å². The summed E-state index contributed by atoms with van der Waals surface area (Å²) in [4.78, 5) is 12.1. The molecule has 6 heteroatoms. The van der Waals surface area contributed by atoms with E-state index >= 15 is 0 Å². The van der Waals surface area contributed by atoms with E-state index in [4.69, 9.17) is 4.74 Å². The van der Waals surface area contributed by atoms with E-state index in [9.17, 15) is 25.2 Å². The molecule has 4 N–H and O–H groups in total. The predicted octanol–water partition coefficient (Wildman–Crippen LogP) is 4.07. The van der Waals surface area contributed by atoms with Crippen molar-refractivity contribution in [3.63, 3.8) is 0 Å². The first kappa shape index (κ1) is 27.3. The highest BCUT2D eigenvalue weighted by molar-refractivity contribution is 5.66. The lowest BCUT2D eigenvalue weighted by Gasteiger charge is -2.66. The molecule has 0 aromatic heterocycles. The maximum atomic E-state index is 12.1. The molecule has 4 aliphatic rings. The van der Waals surface area contributed by atoms with E-state index in [0.717, 1.165) is 38.5 Å². The van der Waals surface area contributed by atoms with Crippen molar-refractivity contribution in [2.75, 3.05) is 6.61 Å². The lowest BCUT2D eigenvalue weighted by atomic mass is 9.42. The number of hydrogen-bond acceptors (Lipinski definition) is 6. The molecule has 4 saturated carbocycles. The molecule has 202 valence electrons. The molecular formula is C29H50O6. The highest BCUT2D eigenvalue weighted by atomic mass is 16.6. The van der Waals surface area contributed by atoms with Crippen LogP contribution in [0.15, 0.2) is 0 Å². The van der Waals surface area contributed by atoms with Gasteiger partial charge in [-0.1, -0.05) is 27.7 Å². The normalized spacial score (nSPS) is 46.9. The Morgan fingerprint density at radius 2 is 1.77 bits per heavy atom. The Morgan fingerprint density at radius 3 is 2.40 bits per heavy atom. The second kappa shape index (κ2) is 9.89. The smallest absolute Gasteiger partial charge is 0.303 e. The molecule has 4 aliphatic carbocycles. The zero-order valence-electron chi connectivity index (χ0n) is 22.6. The molecule has 0 spiro atoms. The molecule has 0 unspecified atom stereocenters. The van der Waals surface area contributed by atoms with E-state index in [0.29, 0.717) is 37.0 Å². The van der Waals surface area contributed by atoms with Gasteiger partial charge in [-0.05, 0) is 98.7 Å². The second-order valence-corrected chi connectivity index (χ2v) is 13.5. The van der Waals surface area contributed by atoms with Crippen LogP contribution in [0.2, 0.25) is 0 Å². The number of esters is 1. The van der Waals surface area contributed by atoms with Crippen LogP contribution in [0.4, 0.5) is 0 Å². The summed E-state index contributed by atoms with van der Waals surface area (Å²) in [6.45, 7) is 10.3. The van der Waals surface area contributed by atoms with E-state index in [1.807, 2.05) is 0 Å². The lowest BCUT2D eigenvalue weighted by molar-refractivity contribution is -0.284. The van der Waals surface area contributed by atoms with Crippen molar-refractivity contribution in [1.29, 1.82) is 0 Å². The van der Waals surface area contributed by atoms with E-state index in [1.165, 1.54) is 6.92 Å². The molecule has 0 aromatic carbocycles.